The lowest BCUT2D eigenvalue weighted by atomic mass is 10.3. The van der Waals surface area contributed by atoms with Crippen LogP contribution in [0.4, 0.5) is 13.2 Å². The first kappa shape index (κ1) is 15.4. The maximum Gasteiger partial charge on any atom is 0.411 e. The molecule has 1 heterocycles. The smallest absolute Gasteiger partial charge is 0.372 e. The normalized spacial score (nSPS) is 11.5. The van der Waals surface area contributed by atoms with Crippen LogP contribution in [0.5, 0.6) is 0 Å². The van der Waals surface area contributed by atoms with Gasteiger partial charge in [0.15, 0.2) is 0 Å². The Bertz CT molecular complexity index is 367. The van der Waals surface area contributed by atoms with Crippen LogP contribution in [0.25, 0.3) is 0 Å². The summed E-state index contributed by atoms with van der Waals surface area (Å²) in [4.78, 5) is 15.1. The highest BCUT2D eigenvalue weighted by Crippen LogP contribution is 2.14. The predicted octanol–water partition coefficient (Wildman–Crippen LogP) is 0.822. The van der Waals surface area contributed by atoms with Crippen LogP contribution in [0, 0.1) is 0 Å². The standard InChI is InChI=1S/C10H15F3N4O2/c11-10(12,13)6-19-5-3-9(18)14-4-1-2-8-15-7-16-17-8/h7H,1-6H2,(H,14,18)(H,15,16,17). The van der Waals surface area contributed by atoms with E-state index in [0.29, 0.717) is 19.4 Å². The van der Waals surface area contributed by atoms with Gasteiger partial charge in [-0.3, -0.25) is 9.89 Å². The van der Waals surface area contributed by atoms with E-state index in [-0.39, 0.29) is 18.9 Å². The Morgan fingerprint density at radius 3 is 2.89 bits per heavy atom. The van der Waals surface area contributed by atoms with Crippen LogP contribution in [-0.2, 0) is 16.0 Å². The first-order valence-corrected chi connectivity index (χ1v) is 5.73. The van der Waals surface area contributed by atoms with Crippen LogP contribution >= 0.6 is 0 Å². The predicted molar refractivity (Wildman–Crippen MR) is 59.2 cm³/mol. The first-order valence-electron chi connectivity index (χ1n) is 5.73. The second-order valence-corrected chi connectivity index (χ2v) is 3.80. The summed E-state index contributed by atoms with van der Waals surface area (Å²) in [5, 5.41) is 8.94. The first-order chi connectivity index (χ1) is 8.97. The number of hydrogen-bond donors (Lipinski definition) is 2. The number of rotatable bonds is 8. The molecule has 1 aromatic heterocycles. The van der Waals surface area contributed by atoms with E-state index in [2.05, 4.69) is 25.2 Å². The molecule has 6 nitrogen and oxygen atoms in total. The van der Waals surface area contributed by atoms with E-state index >= 15 is 0 Å². The molecule has 1 aromatic rings. The van der Waals surface area contributed by atoms with Gasteiger partial charge in [-0.25, -0.2) is 4.98 Å². The monoisotopic (exact) mass is 280 g/mol. The van der Waals surface area contributed by atoms with Gasteiger partial charge in [0, 0.05) is 19.4 Å². The van der Waals surface area contributed by atoms with Crippen molar-refractivity contribution in [3.05, 3.63) is 12.2 Å². The summed E-state index contributed by atoms with van der Waals surface area (Å²) >= 11 is 0. The Labute approximate surface area is 107 Å². The number of nitrogens with zero attached hydrogens (tertiary/aromatic N) is 2. The van der Waals surface area contributed by atoms with Gasteiger partial charge in [0.1, 0.15) is 18.8 Å². The third kappa shape index (κ3) is 8.14. The molecular formula is C10H15F3N4O2. The molecule has 0 saturated carbocycles. The van der Waals surface area contributed by atoms with Crippen molar-refractivity contribution in [2.24, 2.45) is 0 Å². The Morgan fingerprint density at radius 1 is 1.47 bits per heavy atom. The van der Waals surface area contributed by atoms with Crippen molar-refractivity contribution >= 4 is 5.91 Å². The van der Waals surface area contributed by atoms with Crippen molar-refractivity contribution in [1.82, 2.24) is 20.5 Å². The van der Waals surface area contributed by atoms with Gasteiger partial charge in [0.2, 0.25) is 5.91 Å². The van der Waals surface area contributed by atoms with Gasteiger partial charge < -0.3 is 10.1 Å². The summed E-state index contributed by atoms with van der Waals surface area (Å²) in [6.45, 7) is -1.14. The minimum absolute atomic E-state index is 0.0849. The maximum atomic E-state index is 11.7. The molecule has 0 fully saturated rings. The second-order valence-electron chi connectivity index (χ2n) is 3.80. The van der Waals surface area contributed by atoms with Crippen molar-refractivity contribution in [1.29, 1.82) is 0 Å². The number of carbonyl (C=O) groups excluding carboxylic acids is 1. The van der Waals surface area contributed by atoms with Gasteiger partial charge in [-0.05, 0) is 6.42 Å². The summed E-state index contributed by atoms with van der Waals surface area (Å²) in [6, 6.07) is 0. The van der Waals surface area contributed by atoms with E-state index in [1.807, 2.05) is 0 Å². The molecule has 0 aromatic carbocycles. The third-order valence-electron chi connectivity index (χ3n) is 2.12. The average Bonchev–Trinajstić information content (AvgIpc) is 2.82. The fraction of sp³-hybridized carbons (Fsp3) is 0.700. The topological polar surface area (TPSA) is 79.9 Å². The van der Waals surface area contributed by atoms with E-state index < -0.39 is 12.8 Å². The summed E-state index contributed by atoms with van der Waals surface area (Å²) in [7, 11) is 0. The molecule has 0 spiro atoms. The third-order valence-corrected chi connectivity index (χ3v) is 2.12. The lowest BCUT2D eigenvalue weighted by molar-refractivity contribution is -0.174. The highest BCUT2D eigenvalue weighted by molar-refractivity contribution is 5.75. The van der Waals surface area contributed by atoms with E-state index in [9.17, 15) is 18.0 Å². The molecule has 108 valence electrons. The molecule has 19 heavy (non-hydrogen) atoms. The fourth-order valence-electron chi connectivity index (χ4n) is 1.28. The number of amides is 1. The Hall–Kier alpha value is -1.64. The maximum absolute atomic E-state index is 11.7. The summed E-state index contributed by atoms with van der Waals surface area (Å²) in [5.41, 5.74) is 0. The number of aromatic nitrogens is 3. The SMILES string of the molecule is O=C(CCOCC(F)(F)F)NCCCc1ncn[nH]1. The molecular weight excluding hydrogens is 265 g/mol. The van der Waals surface area contributed by atoms with Crippen LogP contribution in [0.15, 0.2) is 6.33 Å². The van der Waals surface area contributed by atoms with Crippen molar-refractivity contribution in [3.8, 4) is 0 Å². The van der Waals surface area contributed by atoms with Gasteiger partial charge in [0.05, 0.1) is 6.61 Å². The molecule has 2 N–H and O–H groups in total. The molecule has 1 amide bonds. The molecule has 0 unspecified atom stereocenters. The number of halogens is 3. The second kappa shape index (κ2) is 7.72. The zero-order valence-electron chi connectivity index (χ0n) is 10.2. The molecule has 0 radical (unpaired) electrons. The minimum Gasteiger partial charge on any atom is -0.372 e. The van der Waals surface area contributed by atoms with Crippen LogP contribution < -0.4 is 5.32 Å². The zero-order valence-corrected chi connectivity index (χ0v) is 10.2. The summed E-state index contributed by atoms with van der Waals surface area (Å²) < 4.78 is 39.5. The Kier molecular flexibility index (Phi) is 6.26. The van der Waals surface area contributed by atoms with Crippen LogP contribution in [0.1, 0.15) is 18.7 Å². The lowest BCUT2D eigenvalue weighted by Crippen LogP contribution is -2.26. The fourth-order valence-corrected chi connectivity index (χ4v) is 1.28. The highest BCUT2D eigenvalue weighted by Gasteiger charge is 2.27. The van der Waals surface area contributed by atoms with Gasteiger partial charge in [-0.2, -0.15) is 18.3 Å². The number of hydrogen-bond acceptors (Lipinski definition) is 4. The number of carbonyl (C=O) groups is 1. The minimum atomic E-state index is -4.35. The number of H-pyrrole nitrogens is 1. The molecule has 0 aliphatic carbocycles. The number of aromatic amines is 1. The quantitative estimate of drug-likeness (QED) is 0.691. The van der Waals surface area contributed by atoms with Crippen LogP contribution in [0.3, 0.4) is 0 Å². The van der Waals surface area contributed by atoms with Gasteiger partial charge in [0.25, 0.3) is 0 Å². The molecule has 0 aliphatic heterocycles. The molecule has 0 saturated heterocycles. The van der Waals surface area contributed by atoms with Gasteiger partial charge >= 0.3 is 6.18 Å². The largest absolute Gasteiger partial charge is 0.411 e. The van der Waals surface area contributed by atoms with Gasteiger partial charge in [-0.1, -0.05) is 0 Å². The number of alkyl halides is 3. The average molecular weight is 280 g/mol. The van der Waals surface area contributed by atoms with Crippen molar-refractivity contribution < 1.29 is 22.7 Å². The van der Waals surface area contributed by atoms with E-state index in [1.165, 1.54) is 6.33 Å². The summed E-state index contributed by atoms with van der Waals surface area (Å²) in [6.07, 6.45) is -1.73. The van der Waals surface area contributed by atoms with Crippen molar-refractivity contribution in [3.63, 3.8) is 0 Å². The molecule has 1 rings (SSSR count). The van der Waals surface area contributed by atoms with Gasteiger partial charge in [-0.15, -0.1) is 0 Å². The van der Waals surface area contributed by atoms with Crippen LogP contribution in [0.2, 0.25) is 0 Å². The van der Waals surface area contributed by atoms with Crippen LogP contribution in [-0.4, -0.2) is 47.0 Å². The van der Waals surface area contributed by atoms with E-state index in [0.717, 1.165) is 5.82 Å². The lowest BCUT2D eigenvalue weighted by Gasteiger charge is -2.07. The Balaban J connectivity index is 1.96. The molecule has 0 bridgehead atoms. The van der Waals surface area contributed by atoms with Crippen molar-refractivity contribution in [2.75, 3.05) is 19.8 Å². The number of aryl methyl sites for hydroxylation is 1. The summed E-state index contributed by atoms with van der Waals surface area (Å²) in [5.74, 6) is 0.391. The Morgan fingerprint density at radius 2 is 2.26 bits per heavy atom. The van der Waals surface area contributed by atoms with E-state index in [1.54, 1.807) is 0 Å². The van der Waals surface area contributed by atoms with Crippen molar-refractivity contribution in [2.45, 2.75) is 25.4 Å². The molecule has 0 atom stereocenters. The van der Waals surface area contributed by atoms with E-state index in [4.69, 9.17) is 0 Å². The molecule has 0 aliphatic rings. The highest BCUT2D eigenvalue weighted by atomic mass is 19.4. The number of nitrogens with one attached hydrogen (secondary N) is 2. The number of ether oxygens (including phenoxy) is 1. The molecule has 9 heteroatoms. The zero-order chi connectivity index (χ0) is 14.1.